The molecule has 1 aromatic carbocycles. The van der Waals surface area contributed by atoms with Crippen LogP contribution in [0.3, 0.4) is 0 Å². The zero-order chi connectivity index (χ0) is 13.0. The second-order valence-electron chi connectivity index (χ2n) is 4.74. The van der Waals surface area contributed by atoms with Crippen molar-refractivity contribution in [1.29, 1.82) is 0 Å². The molecule has 0 aromatic heterocycles. The molecule has 1 fully saturated rings. The standard InChI is InChI=1S/C13H20N2O3/c14-10-2-1-3-13(6-10)18-9-12(17)8-15-5-4-11(16)7-15/h1-3,6,11-12,16-17H,4-5,7-9,14H2. The van der Waals surface area contributed by atoms with Crippen LogP contribution in [0.2, 0.25) is 0 Å². The number of anilines is 1. The van der Waals surface area contributed by atoms with Gasteiger partial charge in [0.2, 0.25) is 0 Å². The first-order chi connectivity index (χ1) is 8.63. The van der Waals surface area contributed by atoms with Crippen molar-refractivity contribution >= 4 is 5.69 Å². The fourth-order valence-electron chi connectivity index (χ4n) is 2.13. The molecule has 1 aromatic rings. The summed E-state index contributed by atoms with van der Waals surface area (Å²) in [6.45, 7) is 2.22. The minimum atomic E-state index is -0.559. The Morgan fingerprint density at radius 3 is 3.00 bits per heavy atom. The molecule has 0 bridgehead atoms. The van der Waals surface area contributed by atoms with E-state index in [0.717, 1.165) is 13.0 Å². The Kier molecular flexibility index (Phi) is 4.41. The molecular formula is C13H20N2O3. The maximum atomic E-state index is 9.85. The van der Waals surface area contributed by atoms with Gasteiger partial charge in [-0.2, -0.15) is 0 Å². The van der Waals surface area contributed by atoms with Crippen LogP contribution in [0.25, 0.3) is 0 Å². The summed E-state index contributed by atoms with van der Waals surface area (Å²) < 4.78 is 5.47. The smallest absolute Gasteiger partial charge is 0.121 e. The highest BCUT2D eigenvalue weighted by Gasteiger charge is 2.22. The normalized spacial score (nSPS) is 22.0. The van der Waals surface area contributed by atoms with E-state index in [1.807, 2.05) is 17.0 Å². The number of aliphatic hydroxyl groups excluding tert-OH is 2. The number of rotatable bonds is 5. The molecule has 2 rings (SSSR count). The highest BCUT2D eigenvalue weighted by molar-refractivity contribution is 5.43. The number of nitrogens with two attached hydrogens (primary N) is 1. The third kappa shape index (κ3) is 3.87. The van der Waals surface area contributed by atoms with E-state index in [1.165, 1.54) is 0 Å². The average molecular weight is 252 g/mol. The Morgan fingerprint density at radius 2 is 2.33 bits per heavy atom. The summed E-state index contributed by atoms with van der Waals surface area (Å²) in [6, 6.07) is 7.14. The van der Waals surface area contributed by atoms with Crippen molar-refractivity contribution < 1.29 is 14.9 Å². The number of benzene rings is 1. The molecule has 1 aliphatic rings. The minimum Gasteiger partial charge on any atom is -0.491 e. The number of nitrogens with zero attached hydrogens (tertiary/aromatic N) is 1. The number of hydrogen-bond acceptors (Lipinski definition) is 5. The second kappa shape index (κ2) is 6.04. The summed E-state index contributed by atoms with van der Waals surface area (Å²) in [5.41, 5.74) is 6.28. The summed E-state index contributed by atoms with van der Waals surface area (Å²) in [5.74, 6) is 0.663. The van der Waals surface area contributed by atoms with Crippen molar-refractivity contribution in [3.63, 3.8) is 0 Å². The third-order valence-electron chi connectivity index (χ3n) is 3.02. The lowest BCUT2D eigenvalue weighted by Crippen LogP contribution is -2.34. The number of aliphatic hydroxyl groups is 2. The predicted octanol–water partition coefficient (Wildman–Crippen LogP) is 0.0751. The maximum Gasteiger partial charge on any atom is 0.121 e. The largest absolute Gasteiger partial charge is 0.491 e. The Morgan fingerprint density at radius 1 is 1.50 bits per heavy atom. The average Bonchev–Trinajstić information content (AvgIpc) is 2.72. The van der Waals surface area contributed by atoms with Crippen molar-refractivity contribution in [3.8, 4) is 5.75 Å². The van der Waals surface area contributed by atoms with E-state index in [-0.39, 0.29) is 12.7 Å². The number of nitrogen functional groups attached to an aromatic ring is 1. The Labute approximate surface area is 107 Å². The molecule has 100 valence electrons. The fourth-order valence-corrected chi connectivity index (χ4v) is 2.13. The van der Waals surface area contributed by atoms with Gasteiger partial charge in [-0.25, -0.2) is 0 Å². The summed E-state index contributed by atoms with van der Waals surface area (Å²) >= 11 is 0. The molecule has 4 N–H and O–H groups in total. The Bertz CT molecular complexity index is 386. The predicted molar refractivity (Wildman–Crippen MR) is 69.4 cm³/mol. The van der Waals surface area contributed by atoms with Crippen LogP contribution in [-0.2, 0) is 0 Å². The first-order valence-corrected chi connectivity index (χ1v) is 6.20. The van der Waals surface area contributed by atoms with Gasteiger partial charge in [0.1, 0.15) is 18.5 Å². The van der Waals surface area contributed by atoms with Crippen LogP contribution < -0.4 is 10.5 Å². The molecule has 0 radical (unpaired) electrons. The minimum absolute atomic E-state index is 0.232. The molecule has 0 amide bonds. The molecule has 2 unspecified atom stereocenters. The van der Waals surface area contributed by atoms with E-state index in [0.29, 0.717) is 24.5 Å². The molecule has 0 saturated carbocycles. The first-order valence-electron chi connectivity index (χ1n) is 6.20. The van der Waals surface area contributed by atoms with Crippen molar-refractivity contribution in [1.82, 2.24) is 4.90 Å². The molecule has 1 aliphatic heterocycles. The molecule has 0 spiro atoms. The zero-order valence-electron chi connectivity index (χ0n) is 10.3. The summed E-state index contributed by atoms with van der Waals surface area (Å²) in [4.78, 5) is 2.04. The van der Waals surface area contributed by atoms with Gasteiger partial charge in [0.25, 0.3) is 0 Å². The third-order valence-corrected chi connectivity index (χ3v) is 3.02. The SMILES string of the molecule is Nc1cccc(OCC(O)CN2CCC(O)C2)c1. The van der Waals surface area contributed by atoms with E-state index >= 15 is 0 Å². The van der Waals surface area contributed by atoms with Gasteiger partial charge in [0, 0.05) is 31.4 Å². The lowest BCUT2D eigenvalue weighted by Gasteiger charge is -2.19. The molecule has 1 heterocycles. The Balaban J connectivity index is 1.73. The summed E-state index contributed by atoms with van der Waals surface area (Å²) in [5, 5.41) is 19.2. The monoisotopic (exact) mass is 252 g/mol. The van der Waals surface area contributed by atoms with Crippen molar-refractivity contribution in [3.05, 3.63) is 24.3 Å². The van der Waals surface area contributed by atoms with E-state index in [4.69, 9.17) is 10.5 Å². The zero-order valence-corrected chi connectivity index (χ0v) is 10.3. The van der Waals surface area contributed by atoms with Crippen molar-refractivity contribution in [2.75, 3.05) is 32.0 Å². The topological polar surface area (TPSA) is 79.0 Å². The first kappa shape index (κ1) is 13.1. The molecule has 5 nitrogen and oxygen atoms in total. The van der Waals surface area contributed by atoms with E-state index in [2.05, 4.69) is 0 Å². The molecule has 18 heavy (non-hydrogen) atoms. The van der Waals surface area contributed by atoms with Crippen LogP contribution in [0.1, 0.15) is 6.42 Å². The summed E-state index contributed by atoms with van der Waals surface area (Å²) in [6.07, 6.45) is -0.0354. The molecule has 1 saturated heterocycles. The number of likely N-dealkylation sites (tertiary alicyclic amines) is 1. The van der Waals surface area contributed by atoms with Crippen LogP contribution in [-0.4, -0.2) is 53.6 Å². The number of ether oxygens (including phenoxy) is 1. The molecule has 0 aliphatic carbocycles. The van der Waals surface area contributed by atoms with Gasteiger partial charge in [-0.15, -0.1) is 0 Å². The van der Waals surface area contributed by atoms with Crippen LogP contribution in [0.15, 0.2) is 24.3 Å². The fraction of sp³-hybridized carbons (Fsp3) is 0.538. The lowest BCUT2D eigenvalue weighted by atomic mass is 10.3. The van der Waals surface area contributed by atoms with Gasteiger partial charge in [-0.05, 0) is 18.6 Å². The van der Waals surface area contributed by atoms with Crippen molar-refractivity contribution in [2.45, 2.75) is 18.6 Å². The number of β-amino-alcohol motifs (C(OH)–C–C–N with tert-alkyl or cyclic N) is 2. The molecular weight excluding hydrogens is 232 g/mol. The van der Waals surface area contributed by atoms with Gasteiger partial charge in [-0.1, -0.05) is 6.07 Å². The van der Waals surface area contributed by atoms with Crippen LogP contribution in [0.4, 0.5) is 5.69 Å². The van der Waals surface area contributed by atoms with E-state index in [9.17, 15) is 10.2 Å². The highest BCUT2D eigenvalue weighted by atomic mass is 16.5. The van der Waals surface area contributed by atoms with Gasteiger partial charge in [-0.3, -0.25) is 4.90 Å². The Hall–Kier alpha value is -1.30. The van der Waals surface area contributed by atoms with Gasteiger partial charge < -0.3 is 20.7 Å². The lowest BCUT2D eigenvalue weighted by molar-refractivity contribution is 0.0707. The van der Waals surface area contributed by atoms with Gasteiger partial charge in [0.05, 0.1) is 6.10 Å². The second-order valence-corrected chi connectivity index (χ2v) is 4.74. The van der Waals surface area contributed by atoms with Gasteiger partial charge >= 0.3 is 0 Å². The van der Waals surface area contributed by atoms with Crippen molar-refractivity contribution in [2.24, 2.45) is 0 Å². The van der Waals surface area contributed by atoms with E-state index in [1.54, 1.807) is 12.1 Å². The quantitative estimate of drug-likeness (QED) is 0.647. The summed E-state index contributed by atoms with van der Waals surface area (Å²) in [7, 11) is 0. The number of hydrogen-bond donors (Lipinski definition) is 3. The molecule has 2 atom stereocenters. The maximum absolute atomic E-state index is 9.85. The molecule has 5 heteroatoms. The van der Waals surface area contributed by atoms with Gasteiger partial charge in [0.15, 0.2) is 0 Å². The van der Waals surface area contributed by atoms with Crippen LogP contribution in [0, 0.1) is 0 Å². The van der Waals surface area contributed by atoms with E-state index < -0.39 is 6.10 Å². The van der Waals surface area contributed by atoms with Crippen LogP contribution in [0.5, 0.6) is 5.75 Å². The van der Waals surface area contributed by atoms with Crippen LogP contribution >= 0.6 is 0 Å². The highest BCUT2D eigenvalue weighted by Crippen LogP contribution is 2.15.